The van der Waals surface area contributed by atoms with Crippen molar-refractivity contribution in [2.24, 2.45) is 23.7 Å². The van der Waals surface area contributed by atoms with Gasteiger partial charge in [-0.2, -0.15) is 0 Å². The van der Waals surface area contributed by atoms with Gasteiger partial charge in [0.15, 0.2) is 0 Å². The van der Waals surface area contributed by atoms with Crippen molar-refractivity contribution in [1.29, 1.82) is 0 Å². The van der Waals surface area contributed by atoms with E-state index in [9.17, 15) is 0 Å². The number of alkyl halides is 1. The van der Waals surface area contributed by atoms with Gasteiger partial charge in [-0.3, -0.25) is 0 Å². The maximum absolute atomic E-state index is 6.04. The summed E-state index contributed by atoms with van der Waals surface area (Å²) in [6, 6.07) is 7.32. The highest BCUT2D eigenvalue weighted by atomic mass is 35.5. The Kier molecular flexibility index (Phi) is 2.54. The minimum absolute atomic E-state index is 0.664. The van der Waals surface area contributed by atoms with Gasteiger partial charge in [0.2, 0.25) is 0 Å². The van der Waals surface area contributed by atoms with Crippen molar-refractivity contribution >= 4 is 22.6 Å². The van der Waals surface area contributed by atoms with Gasteiger partial charge in [-0.25, -0.2) is 4.98 Å². The summed E-state index contributed by atoms with van der Waals surface area (Å²) in [6.45, 7) is 2.17. The zero-order chi connectivity index (χ0) is 14.1. The van der Waals surface area contributed by atoms with Gasteiger partial charge >= 0.3 is 0 Å². The minimum atomic E-state index is 0.664. The van der Waals surface area contributed by atoms with Crippen molar-refractivity contribution in [3.8, 4) is 0 Å². The molecule has 3 heteroatoms. The Morgan fingerprint density at radius 2 is 2.00 bits per heavy atom. The molecule has 2 nitrogen and oxygen atoms in total. The quantitative estimate of drug-likeness (QED) is 0.771. The van der Waals surface area contributed by atoms with Crippen LogP contribution in [-0.2, 0) is 6.42 Å². The Hall–Kier alpha value is -1.02. The third-order valence-electron chi connectivity index (χ3n) is 6.31. The van der Waals surface area contributed by atoms with Crippen LogP contribution in [0.1, 0.15) is 36.7 Å². The summed E-state index contributed by atoms with van der Waals surface area (Å²) in [5.74, 6) is 5.75. The lowest BCUT2D eigenvalue weighted by Crippen LogP contribution is -2.09. The van der Waals surface area contributed by atoms with Crippen LogP contribution in [0.25, 0.3) is 11.0 Å². The molecule has 0 spiro atoms. The topological polar surface area (TPSA) is 17.8 Å². The minimum Gasteiger partial charge on any atom is -0.324 e. The van der Waals surface area contributed by atoms with Gasteiger partial charge in [-0.1, -0.05) is 12.1 Å². The maximum Gasteiger partial charge on any atom is 0.111 e. The van der Waals surface area contributed by atoms with Crippen LogP contribution in [0.15, 0.2) is 18.2 Å². The Morgan fingerprint density at radius 3 is 2.71 bits per heavy atom. The normalized spacial score (nSPS) is 36.4. The van der Waals surface area contributed by atoms with Crippen molar-refractivity contribution in [3.05, 3.63) is 29.6 Å². The van der Waals surface area contributed by atoms with Gasteiger partial charge in [-0.05, 0) is 61.5 Å². The summed E-state index contributed by atoms with van der Waals surface area (Å²) in [7, 11) is 0. The SMILES string of the molecule is Cc1cccc2c1nc(CCCl)n2C1C2C3CCC(C3)C21. The highest BCUT2D eigenvalue weighted by molar-refractivity contribution is 6.17. The molecule has 3 fully saturated rings. The largest absolute Gasteiger partial charge is 0.324 e. The van der Waals surface area contributed by atoms with Gasteiger partial charge in [0.25, 0.3) is 0 Å². The van der Waals surface area contributed by atoms with Gasteiger partial charge in [-0.15, -0.1) is 11.6 Å². The van der Waals surface area contributed by atoms with Crippen molar-refractivity contribution in [2.75, 3.05) is 5.88 Å². The third kappa shape index (κ3) is 1.57. The Bertz CT molecular complexity index is 703. The van der Waals surface area contributed by atoms with E-state index in [0.29, 0.717) is 5.88 Å². The molecule has 0 aliphatic heterocycles. The number of benzene rings is 1. The summed E-state index contributed by atoms with van der Waals surface area (Å²) < 4.78 is 2.57. The van der Waals surface area contributed by atoms with Crippen molar-refractivity contribution in [2.45, 2.75) is 38.6 Å². The maximum atomic E-state index is 6.04. The second-order valence-corrected chi connectivity index (χ2v) is 7.64. The molecule has 3 aliphatic rings. The van der Waals surface area contributed by atoms with Crippen LogP contribution in [0, 0.1) is 30.6 Å². The molecular formula is C18H21ClN2. The van der Waals surface area contributed by atoms with E-state index in [1.165, 1.54) is 41.7 Å². The molecule has 2 bridgehead atoms. The van der Waals surface area contributed by atoms with E-state index in [2.05, 4.69) is 29.7 Å². The fourth-order valence-corrected chi connectivity index (χ4v) is 5.69. The van der Waals surface area contributed by atoms with E-state index in [1.807, 2.05) is 0 Å². The molecule has 110 valence electrons. The van der Waals surface area contributed by atoms with Crippen molar-refractivity contribution < 1.29 is 0 Å². The van der Waals surface area contributed by atoms with Crippen molar-refractivity contribution in [1.82, 2.24) is 9.55 Å². The summed E-state index contributed by atoms with van der Waals surface area (Å²) in [5, 5.41) is 0. The van der Waals surface area contributed by atoms with E-state index in [-0.39, 0.29) is 0 Å². The molecular weight excluding hydrogens is 280 g/mol. The monoisotopic (exact) mass is 300 g/mol. The Labute approximate surface area is 130 Å². The number of aromatic nitrogens is 2. The average Bonchev–Trinajstić information content (AvgIpc) is 2.84. The number of aryl methyl sites for hydroxylation is 2. The molecule has 2 aromatic rings. The molecule has 0 N–H and O–H groups in total. The summed E-state index contributed by atoms with van der Waals surface area (Å²) in [6.07, 6.45) is 5.33. The molecule has 1 heterocycles. The first-order valence-corrected chi connectivity index (χ1v) is 8.85. The van der Waals surface area contributed by atoms with Gasteiger partial charge in [0.05, 0.1) is 11.0 Å². The van der Waals surface area contributed by atoms with Crippen LogP contribution in [0.5, 0.6) is 0 Å². The third-order valence-corrected chi connectivity index (χ3v) is 6.49. The highest BCUT2D eigenvalue weighted by Gasteiger charge is 2.66. The molecule has 1 aromatic carbocycles. The number of para-hydroxylation sites is 1. The second kappa shape index (κ2) is 4.25. The lowest BCUT2D eigenvalue weighted by molar-refractivity contribution is 0.452. The number of imidazole rings is 1. The average molecular weight is 301 g/mol. The Morgan fingerprint density at radius 1 is 1.24 bits per heavy atom. The number of rotatable bonds is 3. The van der Waals surface area contributed by atoms with Crippen LogP contribution in [0.2, 0.25) is 0 Å². The number of fused-ring (bicyclic) bond motifs is 6. The van der Waals surface area contributed by atoms with E-state index < -0.39 is 0 Å². The number of hydrogen-bond donors (Lipinski definition) is 0. The van der Waals surface area contributed by atoms with E-state index in [4.69, 9.17) is 16.6 Å². The fourth-order valence-electron chi connectivity index (χ4n) is 5.52. The molecule has 0 radical (unpaired) electrons. The van der Waals surface area contributed by atoms with Crippen LogP contribution < -0.4 is 0 Å². The molecule has 3 aliphatic carbocycles. The number of hydrogen-bond acceptors (Lipinski definition) is 1. The van der Waals surface area contributed by atoms with E-state index in [1.54, 1.807) is 0 Å². The highest BCUT2D eigenvalue weighted by Crippen LogP contribution is 2.72. The first-order valence-electron chi connectivity index (χ1n) is 8.32. The summed E-state index contributed by atoms with van der Waals surface area (Å²) in [5.41, 5.74) is 3.82. The first kappa shape index (κ1) is 12.5. The van der Waals surface area contributed by atoms with E-state index in [0.717, 1.165) is 36.1 Å². The smallest absolute Gasteiger partial charge is 0.111 e. The molecule has 5 rings (SSSR count). The van der Waals surface area contributed by atoms with Crippen LogP contribution in [0.4, 0.5) is 0 Å². The van der Waals surface area contributed by atoms with Crippen molar-refractivity contribution in [3.63, 3.8) is 0 Å². The zero-order valence-electron chi connectivity index (χ0n) is 12.4. The first-order chi connectivity index (χ1) is 10.3. The van der Waals surface area contributed by atoms with Crippen LogP contribution >= 0.6 is 11.6 Å². The number of halogens is 1. The van der Waals surface area contributed by atoms with Gasteiger partial charge in [0, 0.05) is 18.3 Å². The van der Waals surface area contributed by atoms with Crippen LogP contribution in [-0.4, -0.2) is 15.4 Å². The second-order valence-electron chi connectivity index (χ2n) is 7.26. The summed E-state index contributed by atoms with van der Waals surface area (Å²) in [4.78, 5) is 4.94. The van der Waals surface area contributed by atoms with E-state index >= 15 is 0 Å². The number of nitrogens with zero attached hydrogens (tertiary/aromatic N) is 2. The standard InChI is InChI=1S/C18H21ClN2/c1-10-3-2-4-13-17(10)20-14(7-8-19)21(13)18-15-11-5-6-12(9-11)16(15)18/h2-4,11-12,15-16,18H,5-9H2,1H3. The van der Waals surface area contributed by atoms with Gasteiger partial charge < -0.3 is 4.57 Å². The molecule has 21 heavy (non-hydrogen) atoms. The Balaban J connectivity index is 1.65. The van der Waals surface area contributed by atoms with Crippen LogP contribution in [0.3, 0.4) is 0 Å². The predicted octanol–water partition coefficient (Wildman–Crippen LogP) is 4.34. The molecule has 4 unspecified atom stereocenters. The fraction of sp³-hybridized carbons (Fsp3) is 0.611. The molecule has 0 saturated heterocycles. The molecule has 1 aromatic heterocycles. The molecule has 3 saturated carbocycles. The molecule has 0 amide bonds. The molecule has 4 atom stereocenters. The predicted molar refractivity (Wildman–Crippen MR) is 85.7 cm³/mol. The lowest BCUT2D eigenvalue weighted by atomic mass is 10.0. The van der Waals surface area contributed by atoms with Gasteiger partial charge in [0.1, 0.15) is 5.82 Å². The summed E-state index contributed by atoms with van der Waals surface area (Å²) >= 11 is 6.04. The zero-order valence-corrected chi connectivity index (χ0v) is 13.2. The lowest BCUT2D eigenvalue weighted by Gasteiger charge is -2.14.